The number of amides is 1. The van der Waals surface area contributed by atoms with Gasteiger partial charge in [0.25, 0.3) is 0 Å². The van der Waals surface area contributed by atoms with E-state index in [4.69, 9.17) is 15.9 Å². The fourth-order valence-electron chi connectivity index (χ4n) is 4.15. The lowest BCUT2D eigenvalue weighted by Crippen LogP contribution is -2.37. The van der Waals surface area contributed by atoms with Crippen LogP contribution in [0.2, 0.25) is 0 Å². The van der Waals surface area contributed by atoms with Crippen LogP contribution in [0, 0.1) is 18.4 Å². The topological polar surface area (TPSA) is 108 Å². The van der Waals surface area contributed by atoms with Crippen LogP contribution in [0.4, 0.5) is 10.2 Å². The first-order chi connectivity index (χ1) is 18.9. The molecule has 0 aliphatic carbocycles. The normalized spacial score (nSPS) is 12.6. The van der Waals surface area contributed by atoms with Gasteiger partial charge in [-0.25, -0.2) is 9.78 Å². The molecular formula is C29H36FN5O4. The zero-order chi connectivity index (χ0) is 28.1. The van der Waals surface area contributed by atoms with Crippen molar-refractivity contribution in [3.05, 3.63) is 48.3 Å². The van der Waals surface area contributed by atoms with Crippen LogP contribution in [-0.2, 0) is 20.8 Å². The average Bonchev–Trinajstić information content (AvgIpc) is 3.36. The molecule has 1 aromatic carbocycles. The molecule has 0 bridgehead atoms. The van der Waals surface area contributed by atoms with E-state index in [1.807, 2.05) is 0 Å². The number of hydrogen-bond donors (Lipinski definition) is 1. The number of ether oxygens (including phenoxy) is 2. The van der Waals surface area contributed by atoms with Crippen molar-refractivity contribution >= 4 is 28.9 Å². The van der Waals surface area contributed by atoms with Gasteiger partial charge < -0.3 is 19.4 Å². The van der Waals surface area contributed by atoms with Crippen LogP contribution in [0.1, 0.15) is 75.1 Å². The smallest absolute Gasteiger partial charge is 0.338 e. The van der Waals surface area contributed by atoms with E-state index in [-0.39, 0.29) is 42.5 Å². The van der Waals surface area contributed by atoms with Crippen LogP contribution in [0.5, 0.6) is 0 Å². The molecule has 9 nitrogen and oxygen atoms in total. The maximum Gasteiger partial charge on any atom is 0.338 e. The quantitative estimate of drug-likeness (QED) is 0.114. The van der Waals surface area contributed by atoms with Crippen molar-refractivity contribution in [2.24, 2.45) is 0 Å². The van der Waals surface area contributed by atoms with E-state index in [0.29, 0.717) is 12.0 Å². The number of benzene rings is 1. The number of imidazole rings is 1. The highest BCUT2D eigenvalue weighted by Gasteiger charge is 2.30. The van der Waals surface area contributed by atoms with Gasteiger partial charge in [0.05, 0.1) is 11.9 Å². The first-order valence-corrected chi connectivity index (χ1v) is 13.3. The molecule has 2 aromatic heterocycles. The molecule has 3 rings (SSSR count). The van der Waals surface area contributed by atoms with Crippen LogP contribution < -0.4 is 5.32 Å². The molecule has 1 amide bonds. The summed E-state index contributed by atoms with van der Waals surface area (Å²) < 4.78 is 26.9. The number of esters is 1. The maximum absolute atomic E-state index is 14.3. The van der Waals surface area contributed by atoms with Crippen LogP contribution >= 0.6 is 0 Å². The number of fused-ring (bicyclic) bond motifs is 1. The first-order valence-electron chi connectivity index (χ1n) is 13.3. The molecule has 2 heterocycles. The number of anilines is 1. The summed E-state index contributed by atoms with van der Waals surface area (Å²) in [6.45, 7) is 2.24. The maximum atomic E-state index is 14.3. The highest BCUT2D eigenvalue weighted by atomic mass is 19.1. The largest absolute Gasteiger partial charge is 0.458 e. The highest BCUT2D eigenvalue weighted by Crippen LogP contribution is 2.23. The van der Waals surface area contributed by atoms with Gasteiger partial charge in [0.2, 0.25) is 5.91 Å². The number of halogens is 1. The Morgan fingerprint density at radius 2 is 1.82 bits per heavy atom. The molecule has 0 radical (unpaired) electrons. The molecule has 0 aliphatic heterocycles. The highest BCUT2D eigenvalue weighted by molar-refractivity contribution is 5.96. The monoisotopic (exact) mass is 537 g/mol. The second kappa shape index (κ2) is 14.9. The van der Waals surface area contributed by atoms with Crippen molar-refractivity contribution in [2.45, 2.75) is 76.9 Å². The summed E-state index contributed by atoms with van der Waals surface area (Å²) >= 11 is 0. The van der Waals surface area contributed by atoms with Gasteiger partial charge in [0.15, 0.2) is 22.6 Å². The number of nitrogens with zero attached hydrogens (tertiary/aromatic N) is 4. The van der Waals surface area contributed by atoms with E-state index in [2.05, 4.69) is 33.1 Å². The molecule has 0 fully saturated rings. The fraction of sp³-hybridized carbons (Fsp3) is 0.483. The number of terminal acetylenes is 1. The Bertz CT molecular complexity index is 1270. The van der Waals surface area contributed by atoms with Crippen LogP contribution in [0.25, 0.3) is 11.2 Å². The number of hydrogen-bond acceptors (Lipinski definition) is 7. The Morgan fingerprint density at radius 1 is 1.10 bits per heavy atom. The van der Waals surface area contributed by atoms with Gasteiger partial charge in [0.1, 0.15) is 6.61 Å². The second-order valence-electron chi connectivity index (χ2n) is 9.41. The number of carbonyl (C=O) groups excluding carboxylic acids is 2. The average molecular weight is 538 g/mol. The summed E-state index contributed by atoms with van der Waals surface area (Å²) in [6, 6.07) is 8.55. The molecule has 0 aliphatic rings. The number of aryl methyl sites for hydroxylation is 1. The molecule has 10 heteroatoms. The van der Waals surface area contributed by atoms with Crippen molar-refractivity contribution in [2.75, 3.05) is 19.0 Å². The third-order valence-corrected chi connectivity index (χ3v) is 6.56. The predicted molar refractivity (Wildman–Crippen MR) is 146 cm³/mol. The van der Waals surface area contributed by atoms with E-state index in [9.17, 15) is 14.0 Å². The van der Waals surface area contributed by atoms with Crippen molar-refractivity contribution in [1.29, 1.82) is 0 Å². The zero-order valence-electron chi connectivity index (χ0n) is 22.6. The number of nitrogens with one attached hydrogen (secondary N) is 1. The zero-order valence-corrected chi connectivity index (χ0v) is 22.6. The van der Waals surface area contributed by atoms with Crippen molar-refractivity contribution < 1.29 is 23.5 Å². The Morgan fingerprint density at radius 3 is 2.51 bits per heavy atom. The molecule has 0 saturated heterocycles. The van der Waals surface area contributed by atoms with Gasteiger partial charge in [-0.2, -0.15) is 14.4 Å². The Kier molecular flexibility index (Phi) is 11.4. The lowest BCUT2D eigenvalue weighted by Gasteiger charge is -2.26. The van der Waals surface area contributed by atoms with E-state index in [0.717, 1.165) is 19.3 Å². The SMILES string of the molecule is C#CC(CCn1cnc2c(NC(=O)CCCCCCCCC)nc(F)nc21)(COC(=O)c1ccccc1)OC. The molecule has 3 aromatic rings. The first kappa shape index (κ1) is 29.7. The summed E-state index contributed by atoms with van der Waals surface area (Å²) in [5, 5.41) is 2.67. The Hall–Kier alpha value is -3.84. The number of carbonyl (C=O) groups is 2. The van der Waals surface area contributed by atoms with Gasteiger partial charge in [-0.15, -0.1) is 6.42 Å². The third kappa shape index (κ3) is 8.58. The second-order valence-corrected chi connectivity index (χ2v) is 9.41. The van der Waals surface area contributed by atoms with Gasteiger partial charge in [-0.1, -0.05) is 69.6 Å². The minimum atomic E-state index is -1.22. The van der Waals surface area contributed by atoms with E-state index >= 15 is 0 Å². The van der Waals surface area contributed by atoms with Crippen molar-refractivity contribution in [1.82, 2.24) is 19.5 Å². The van der Waals surface area contributed by atoms with Gasteiger partial charge in [-0.05, 0) is 18.6 Å². The van der Waals surface area contributed by atoms with Crippen LogP contribution in [-0.4, -0.2) is 50.7 Å². The van der Waals surface area contributed by atoms with Gasteiger partial charge in [0, 0.05) is 26.5 Å². The minimum Gasteiger partial charge on any atom is -0.458 e. The molecule has 0 spiro atoms. The van der Waals surface area contributed by atoms with Crippen LogP contribution in [0.3, 0.4) is 0 Å². The fourth-order valence-corrected chi connectivity index (χ4v) is 4.15. The standard InChI is InChI=1S/C29H36FN5O4/c1-4-6-7-8-9-10-14-17-23(36)32-25-24-26(34-28(30)33-25)35(21-31-24)19-18-29(5-2,38-3)20-39-27(37)22-15-12-11-13-16-22/h2,11-13,15-16,21H,4,6-10,14,17-20H2,1,3H3,(H,32,33,34,36). The lowest BCUT2D eigenvalue weighted by atomic mass is 10.0. The van der Waals surface area contributed by atoms with E-state index in [1.54, 1.807) is 34.9 Å². The number of methoxy groups -OCH3 is 1. The summed E-state index contributed by atoms with van der Waals surface area (Å²) in [5.41, 5.74) is -0.352. The Labute approximate surface area is 228 Å². The Balaban J connectivity index is 1.61. The number of aromatic nitrogens is 4. The molecule has 1 unspecified atom stereocenters. The van der Waals surface area contributed by atoms with Crippen LogP contribution in [0.15, 0.2) is 36.7 Å². The predicted octanol–water partition coefficient (Wildman–Crippen LogP) is 5.31. The minimum absolute atomic E-state index is 0.0240. The molecule has 208 valence electrons. The van der Waals surface area contributed by atoms with Gasteiger partial charge >= 0.3 is 12.0 Å². The summed E-state index contributed by atoms with van der Waals surface area (Å²) in [4.78, 5) is 36.8. The van der Waals surface area contributed by atoms with Crippen molar-refractivity contribution in [3.63, 3.8) is 0 Å². The molecule has 1 N–H and O–H groups in total. The van der Waals surface area contributed by atoms with E-state index < -0.39 is 17.6 Å². The molecule has 1 atom stereocenters. The summed E-state index contributed by atoms with van der Waals surface area (Å²) in [5.74, 6) is 1.83. The molecule has 0 saturated carbocycles. The summed E-state index contributed by atoms with van der Waals surface area (Å²) in [6.07, 6.45) is 14.4. The molecular weight excluding hydrogens is 501 g/mol. The van der Waals surface area contributed by atoms with Crippen molar-refractivity contribution in [3.8, 4) is 12.3 Å². The lowest BCUT2D eigenvalue weighted by molar-refractivity contribution is -0.116. The number of unbranched alkanes of at least 4 members (excludes halogenated alkanes) is 6. The summed E-state index contributed by atoms with van der Waals surface area (Å²) in [7, 11) is 1.43. The van der Waals surface area contributed by atoms with Gasteiger partial charge in [-0.3, -0.25) is 4.79 Å². The number of rotatable bonds is 16. The molecule has 39 heavy (non-hydrogen) atoms. The van der Waals surface area contributed by atoms with E-state index in [1.165, 1.54) is 39.1 Å². The third-order valence-electron chi connectivity index (χ3n) is 6.56.